The van der Waals surface area contributed by atoms with E-state index < -0.39 is 0 Å². The van der Waals surface area contributed by atoms with Crippen LogP contribution in [-0.2, 0) is 16.1 Å². The minimum Gasteiger partial charge on any atom is -0.351 e. The first kappa shape index (κ1) is 14.5. The summed E-state index contributed by atoms with van der Waals surface area (Å²) >= 11 is 0. The number of benzene rings is 1. The van der Waals surface area contributed by atoms with Crippen molar-refractivity contribution in [1.82, 2.24) is 15.1 Å². The number of piperazine rings is 1. The summed E-state index contributed by atoms with van der Waals surface area (Å²) < 4.78 is 13.4. The summed E-state index contributed by atoms with van der Waals surface area (Å²) in [6.07, 6.45) is 0.829. The Labute approximate surface area is 117 Å². The molecule has 1 aliphatic heterocycles. The highest BCUT2D eigenvalue weighted by Crippen LogP contribution is 2.05. The van der Waals surface area contributed by atoms with Gasteiger partial charge in [-0.3, -0.25) is 14.5 Å². The molecule has 0 radical (unpaired) electrons. The molecule has 20 heavy (non-hydrogen) atoms. The van der Waals surface area contributed by atoms with Crippen molar-refractivity contribution in [2.45, 2.75) is 6.54 Å². The van der Waals surface area contributed by atoms with E-state index in [4.69, 9.17) is 0 Å². The summed E-state index contributed by atoms with van der Waals surface area (Å²) in [4.78, 5) is 26.0. The summed E-state index contributed by atoms with van der Waals surface area (Å²) in [7, 11) is 0. The van der Waals surface area contributed by atoms with Crippen LogP contribution in [0.4, 0.5) is 4.39 Å². The molecule has 1 N–H and O–H groups in total. The summed E-state index contributed by atoms with van der Waals surface area (Å²) in [5.41, 5.74) is 0.478. The predicted octanol–water partition coefficient (Wildman–Crippen LogP) is 0.216. The van der Waals surface area contributed by atoms with Crippen molar-refractivity contribution >= 4 is 12.3 Å². The van der Waals surface area contributed by atoms with E-state index in [9.17, 15) is 14.0 Å². The van der Waals surface area contributed by atoms with Gasteiger partial charge in [-0.15, -0.1) is 0 Å². The van der Waals surface area contributed by atoms with Crippen LogP contribution in [0.1, 0.15) is 5.56 Å². The minimum atomic E-state index is -0.313. The van der Waals surface area contributed by atoms with Gasteiger partial charge in [0, 0.05) is 38.3 Å². The summed E-state index contributed by atoms with van der Waals surface area (Å²) in [5, 5.41) is 2.71. The van der Waals surface area contributed by atoms with E-state index in [0.717, 1.165) is 6.41 Å². The van der Waals surface area contributed by atoms with Crippen LogP contribution in [0.15, 0.2) is 24.3 Å². The Hall–Kier alpha value is -1.95. The zero-order valence-electron chi connectivity index (χ0n) is 11.2. The third kappa shape index (κ3) is 4.03. The van der Waals surface area contributed by atoms with Crippen molar-refractivity contribution in [3.63, 3.8) is 0 Å². The summed E-state index contributed by atoms with van der Waals surface area (Å²) in [5.74, 6) is -0.444. The van der Waals surface area contributed by atoms with Gasteiger partial charge >= 0.3 is 0 Å². The molecule has 1 aliphatic rings. The molecule has 0 atom stereocenters. The van der Waals surface area contributed by atoms with Crippen LogP contribution in [0.2, 0.25) is 0 Å². The lowest BCUT2D eigenvalue weighted by molar-refractivity contribution is -0.123. The minimum absolute atomic E-state index is 0.132. The van der Waals surface area contributed by atoms with E-state index in [1.807, 2.05) is 4.90 Å². The van der Waals surface area contributed by atoms with Gasteiger partial charge in [-0.25, -0.2) is 4.39 Å². The van der Waals surface area contributed by atoms with Gasteiger partial charge in [0.15, 0.2) is 0 Å². The van der Waals surface area contributed by atoms with Gasteiger partial charge in [0.05, 0.1) is 6.54 Å². The molecule has 1 aromatic rings. The van der Waals surface area contributed by atoms with E-state index in [1.54, 1.807) is 23.1 Å². The normalized spacial score (nSPS) is 15.9. The Morgan fingerprint density at radius 2 is 1.95 bits per heavy atom. The lowest BCUT2D eigenvalue weighted by Crippen LogP contribution is -2.48. The third-order valence-electron chi connectivity index (χ3n) is 3.36. The lowest BCUT2D eigenvalue weighted by Gasteiger charge is -2.31. The monoisotopic (exact) mass is 279 g/mol. The van der Waals surface area contributed by atoms with Crippen molar-refractivity contribution in [2.24, 2.45) is 0 Å². The van der Waals surface area contributed by atoms with E-state index >= 15 is 0 Å². The zero-order chi connectivity index (χ0) is 14.4. The molecule has 0 spiro atoms. The first-order valence-electron chi connectivity index (χ1n) is 6.61. The number of hydrogen-bond acceptors (Lipinski definition) is 3. The van der Waals surface area contributed by atoms with Crippen LogP contribution in [0, 0.1) is 5.82 Å². The summed E-state index contributed by atoms with van der Waals surface area (Å²) in [6, 6.07) is 6.38. The van der Waals surface area contributed by atoms with Crippen molar-refractivity contribution in [3.05, 3.63) is 35.6 Å². The van der Waals surface area contributed by atoms with Crippen molar-refractivity contribution in [2.75, 3.05) is 32.7 Å². The lowest BCUT2D eigenvalue weighted by atomic mass is 10.2. The molecule has 1 fully saturated rings. The number of amides is 2. The topological polar surface area (TPSA) is 52.7 Å². The van der Waals surface area contributed by atoms with Gasteiger partial charge in [-0.05, 0) is 6.07 Å². The van der Waals surface area contributed by atoms with Crippen LogP contribution in [0.5, 0.6) is 0 Å². The van der Waals surface area contributed by atoms with Gasteiger partial charge in [-0.1, -0.05) is 18.2 Å². The average Bonchev–Trinajstić information content (AvgIpc) is 2.47. The fourth-order valence-electron chi connectivity index (χ4n) is 2.12. The molecule has 1 saturated heterocycles. The number of halogens is 1. The van der Waals surface area contributed by atoms with E-state index in [1.165, 1.54) is 6.07 Å². The fourth-order valence-corrected chi connectivity index (χ4v) is 2.12. The summed E-state index contributed by atoms with van der Waals surface area (Å²) in [6.45, 7) is 3.13. The Bertz CT molecular complexity index is 473. The highest BCUT2D eigenvalue weighted by Gasteiger charge is 2.17. The second-order valence-electron chi connectivity index (χ2n) is 4.79. The van der Waals surface area contributed by atoms with E-state index in [2.05, 4.69) is 5.32 Å². The first-order chi connectivity index (χ1) is 9.69. The molecule has 0 aliphatic carbocycles. The molecular weight excluding hydrogens is 261 g/mol. The van der Waals surface area contributed by atoms with Gasteiger partial charge in [0.1, 0.15) is 5.82 Å². The molecule has 5 nitrogen and oxygen atoms in total. The van der Waals surface area contributed by atoms with Gasteiger partial charge in [0.25, 0.3) is 0 Å². The zero-order valence-corrected chi connectivity index (χ0v) is 11.2. The standard InChI is InChI=1S/C14H18FN3O2/c15-13-4-2-1-3-12(13)9-16-14(20)10-17-5-7-18(11-19)8-6-17/h1-4,11H,5-10H2,(H,16,20). The predicted molar refractivity (Wildman–Crippen MR) is 72.3 cm³/mol. The number of nitrogens with zero attached hydrogens (tertiary/aromatic N) is 2. The maximum absolute atomic E-state index is 13.4. The highest BCUT2D eigenvalue weighted by molar-refractivity contribution is 5.78. The SMILES string of the molecule is O=CN1CCN(CC(=O)NCc2ccccc2F)CC1. The number of hydrogen-bond donors (Lipinski definition) is 1. The van der Waals surface area contributed by atoms with Crippen LogP contribution in [0.3, 0.4) is 0 Å². The molecule has 0 unspecified atom stereocenters. The van der Waals surface area contributed by atoms with Gasteiger partial charge in [0.2, 0.25) is 12.3 Å². The number of carbonyl (C=O) groups excluding carboxylic acids is 2. The van der Waals surface area contributed by atoms with Gasteiger partial charge in [-0.2, -0.15) is 0 Å². The average molecular weight is 279 g/mol. The maximum atomic E-state index is 13.4. The largest absolute Gasteiger partial charge is 0.351 e. The molecule has 0 saturated carbocycles. The van der Waals surface area contributed by atoms with Gasteiger partial charge < -0.3 is 10.2 Å². The highest BCUT2D eigenvalue weighted by atomic mass is 19.1. The second-order valence-corrected chi connectivity index (χ2v) is 4.79. The molecule has 6 heteroatoms. The molecular formula is C14H18FN3O2. The molecule has 2 amide bonds. The smallest absolute Gasteiger partial charge is 0.234 e. The molecule has 1 aromatic carbocycles. The molecule has 2 rings (SSSR count). The van der Waals surface area contributed by atoms with Crippen molar-refractivity contribution < 1.29 is 14.0 Å². The van der Waals surface area contributed by atoms with Crippen LogP contribution in [-0.4, -0.2) is 54.8 Å². The quantitative estimate of drug-likeness (QED) is 0.784. The number of rotatable bonds is 5. The van der Waals surface area contributed by atoms with E-state index in [0.29, 0.717) is 31.7 Å². The van der Waals surface area contributed by atoms with Crippen LogP contribution < -0.4 is 5.32 Å². The number of carbonyl (C=O) groups is 2. The van der Waals surface area contributed by atoms with Crippen molar-refractivity contribution in [3.8, 4) is 0 Å². The molecule has 0 bridgehead atoms. The Kier molecular flexibility index (Phi) is 5.06. The van der Waals surface area contributed by atoms with Crippen molar-refractivity contribution in [1.29, 1.82) is 0 Å². The van der Waals surface area contributed by atoms with E-state index in [-0.39, 0.29) is 24.8 Å². The van der Waals surface area contributed by atoms with Crippen LogP contribution in [0.25, 0.3) is 0 Å². The Balaban J connectivity index is 1.73. The molecule has 0 aromatic heterocycles. The van der Waals surface area contributed by atoms with Crippen LogP contribution >= 0.6 is 0 Å². The molecule has 1 heterocycles. The number of nitrogens with one attached hydrogen (secondary N) is 1. The first-order valence-corrected chi connectivity index (χ1v) is 6.61. The molecule has 108 valence electrons. The third-order valence-corrected chi connectivity index (χ3v) is 3.36. The fraction of sp³-hybridized carbons (Fsp3) is 0.429. The Morgan fingerprint density at radius 3 is 2.60 bits per heavy atom. The Morgan fingerprint density at radius 1 is 1.25 bits per heavy atom. The second kappa shape index (κ2) is 7.00. The maximum Gasteiger partial charge on any atom is 0.234 e.